The summed E-state index contributed by atoms with van der Waals surface area (Å²) in [6.07, 6.45) is 3.14. The van der Waals surface area contributed by atoms with Crippen molar-refractivity contribution in [2.45, 2.75) is 45.2 Å². The Kier molecular flexibility index (Phi) is 5.00. The van der Waals surface area contributed by atoms with E-state index in [1.807, 2.05) is 26.8 Å². The summed E-state index contributed by atoms with van der Waals surface area (Å²) in [5, 5.41) is 5.86. The Hall–Kier alpha value is -2.11. The van der Waals surface area contributed by atoms with Gasteiger partial charge >= 0.3 is 6.03 Å². The van der Waals surface area contributed by atoms with Gasteiger partial charge in [0.15, 0.2) is 0 Å². The molecule has 0 saturated carbocycles. The summed E-state index contributed by atoms with van der Waals surface area (Å²) in [7, 11) is 0. The summed E-state index contributed by atoms with van der Waals surface area (Å²) in [6, 6.07) is 5.28. The molecule has 1 aliphatic heterocycles. The average molecular weight is 304 g/mol. The molecule has 2 rings (SSSR count). The number of hydrogen-bond donors (Lipinski definition) is 2. The molecule has 1 aromatic rings. The van der Waals surface area contributed by atoms with E-state index in [9.17, 15) is 9.59 Å². The van der Waals surface area contributed by atoms with Crippen molar-refractivity contribution in [1.29, 1.82) is 0 Å². The summed E-state index contributed by atoms with van der Waals surface area (Å²) in [5.41, 5.74) is 0.221. The van der Waals surface area contributed by atoms with Gasteiger partial charge in [0.05, 0.1) is 0 Å². The third-order valence-corrected chi connectivity index (χ3v) is 3.49. The number of hydrogen-bond acceptors (Lipinski definition) is 3. The van der Waals surface area contributed by atoms with Crippen LogP contribution in [0.5, 0.6) is 0 Å². The zero-order chi connectivity index (χ0) is 16.2. The second-order valence-electron chi connectivity index (χ2n) is 6.63. The third-order valence-electron chi connectivity index (χ3n) is 3.49. The van der Waals surface area contributed by atoms with Crippen LogP contribution in [0.3, 0.4) is 0 Å². The zero-order valence-electron chi connectivity index (χ0n) is 13.4. The van der Waals surface area contributed by atoms with E-state index in [1.165, 1.54) is 0 Å². The molecule has 0 spiro atoms. The molecule has 1 fully saturated rings. The zero-order valence-corrected chi connectivity index (χ0v) is 13.4. The fraction of sp³-hybridized carbons (Fsp3) is 0.562. The minimum absolute atomic E-state index is 0.0433. The lowest BCUT2D eigenvalue weighted by molar-refractivity contribution is 0.0702. The Morgan fingerprint density at radius 2 is 1.91 bits per heavy atom. The lowest BCUT2D eigenvalue weighted by Crippen LogP contribution is -2.52. The van der Waals surface area contributed by atoms with E-state index in [4.69, 9.17) is 0 Å². The molecule has 3 amide bonds. The molecule has 2 N–H and O–H groups in total. The Balaban J connectivity index is 1.81. The highest BCUT2D eigenvalue weighted by Gasteiger charge is 2.25. The van der Waals surface area contributed by atoms with Crippen LogP contribution < -0.4 is 10.6 Å². The Bertz CT molecular complexity index is 517. The average Bonchev–Trinajstić information content (AvgIpc) is 2.46. The molecular weight excluding hydrogens is 280 g/mol. The maximum Gasteiger partial charge on any atom is 0.315 e. The molecular formula is C16H24N4O2. The van der Waals surface area contributed by atoms with Crippen LogP contribution in [0.25, 0.3) is 0 Å². The SMILES string of the molecule is CC(C)(C)NC(=O)NC1CCN(C(=O)c2ccccn2)CC1. The van der Waals surface area contributed by atoms with Crippen LogP contribution in [0.1, 0.15) is 44.1 Å². The van der Waals surface area contributed by atoms with Crippen molar-refractivity contribution in [2.24, 2.45) is 0 Å². The molecule has 0 aromatic carbocycles. The molecule has 6 nitrogen and oxygen atoms in total. The summed E-state index contributed by atoms with van der Waals surface area (Å²) in [5.74, 6) is -0.0433. The number of pyridine rings is 1. The predicted molar refractivity (Wildman–Crippen MR) is 84.6 cm³/mol. The van der Waals surface area contributed by atoms with E-state index >= 15 is 0 Å². The molecule has 1 saturated heterocycles. The highest BCUT2D eigenvalue weighted by molar-refractivity contribution is 5.92. The first kappa shape index (κ1) is 16.3. The first-order chi connectivity index (χ1) is 10.3. The Morgan fingerprint density at radius 1 is 1.23 bits per heavy atom. The molecule has 1 aromatic heterocycles. The van der Waals surface area contributed by atoms with Gasteiger partial charge in [-0.3, -0.25) is 9.78 Å². The molecule has 0 radical (unpaired) electrons. The van der Waals surface area contributed by atoms with E-state index in [1.54, 1.807) is 23.2 Å². The van der Waals surface area contributed by atoms with Crippen LogP contribution in [0.2, 0.25) is 0 Å². The van der Waals surface area contributed by atoms with Gasteiger partial charge in [-0.1, -0.05) is 6.07 Å². The molecule has 120 valence electrons. The fourth-order valence-electron chi connectivity index (χ4n) is 2.44. The lowest BCUT2D eigenvalue weighted by atomic mass is 10.0. The minimum atomic E-state index is -0.250. The number of rotatable bonds is 2. The molecule has 0 atom stereocenters. The van der Waals surface area contributed by atoms with Gasteiger partial charge in [0.25, 0.3) is 5.91 Å². The van der Waals surface area contributed by atoms with Crippen LogP contribution >= 0.6 is 0 Å². The number of nitrogens with zero attached hydrogens (tertiary/aromatic N) is 2. The van der Waals surface area contributed by atoms with Crippen molar-refractivity contribution < 1.29 is 9.59 Å². The number of carbonyl (C=O) groups is 2. The molecule has 0 bridgehead atoms. The molecule has 22 heavy (non-hydrogen) atoms. The lowest BCUT2D eigenvalue weighted by Gasteiger charge is -2.33. The fourth-order valence-corrected chi connectivity index (χ4v) is 2.44. The maximum absolute atomic E-state index is 12.3. The van der Waals surface area contributed by atoms with Crippen LogP contribution in [0.4, 0.5) is 4.79 Å². The third kappa shape index (κ3) is 4.72. The van der Waals surface area contributed by atoms with Crippen molar-refractivity contribution in [1.82, 2.24) is 20.5 Å². The van der Waals surface area contributed by atoms with E-state index in [0.717, 1.165) is 12.8 Å². The van der Waals surface area contributed by atoms with Gasteiger partial charge in [-0.05, 0) is 45.7 Å². The summed E-state index contributed by atoms with van der Waals surface area (Å²) in [4.78, 5) is 30.0. The van der Waals surface area contributed by atoms with Crippen molar-refractivity contribution >= 4 is 11.9 Å². The normalized spacial score (nSPS) is 16.2. The van der Waals surface area contributed by atoms with Crippen LogP contribution in [0, 0.1) is 0 Å². The van der Waals surface area contributed by atoms with Crippen molar-refractivity contribution in [3.8, 4) is 0 Å². The van der Waals surface area contributed by atoms with Crippen LogP contribution in [-0.2, 0) is 0 Å². The van der Waals surface area contributed by atoms with Crippen molar-refractivity contribution in [3.63, 3.8) is 0 Å². The van der Waals surface area contributed by atoms with E-state index in [0.29, 0.717) is 18.8 Å². The summed E-state index contributed by atoms with van der Waals surface area (Å²) >= 11 is 0. The molecule has 0 aliphatic carbocycles. The van der Waals surface area contributed by atoms with Crippen molar-refractivity contribution in [3.05, 3.63) is 30.1 Å². The highest BCUT2D eigenvalue weighted by Crippen LogP contribution is 2.13. The molecule has 6 heteroatoms. The quantitative estimate of drug-likeness (QED) is 0.874. The minimum Gasteiger partial charge on any atom is -0.337 e. The molecule has 2 heterocycles. The first-order valence-corrected chi connectivity index (χ1v) is 7.64. The number of amides is 3. The standard InChI is InChI=1S/C16H24N4O2/c1-16(2,3)19-15(22)18-12-7-10-20(11-8-12)14(21)13-6-4-5-9-17-13/h4-6,9,12H,7-8,10-11H2,1-3H3,(H2,18,19,22). The van der Waals surface area contributed by atoms with Crippen molar-refractivity contribution in [2.75, 3.05) is 13.1 Å². The summed E-state index contributed by atoms with van der Waals surface area (Å²) < 4.78 is 0. The number of likely N-dealkylation sites (tertiary alicyclic amines) is 1. The molecule has 0 unspecified atom stereocenters. The van der Waals surface area contributed by atoms with Gasteiger partial charge in [0, 0.05) is 30.9 Å². The van der Waals surface area contributed by atoms with Gasteiger partial charge in [0.2, 0.25) is 0 Å². The van der Waals surface area contributed by atoms with Crippen LogP contribution in [0.15, 0.2) is 24.4 Å². The first-order valence-electron chi connectivity index (χ1n) is 7.64. The number of piperidine rings is 1. The second-order valence-corrected chi connectivity index (χ2v) is 6.63. The summed E-state index contributed by atoms with van der Waals surface area (Å²) in [6.45, 7) is 7.11. The van der Waals surface area contributed by atoms with Gasteiger partial charge in [0.1, 0.15) is 5.69 Å². The number of nitrogens with one attached hydrogen (secondary N) is 2. The van der Waals surface area contributed by atoms with E-state index in [-0.39, 0.29) is 23.5 Å². The Morgan fingerprint density at radius 3 is 2.45 bits per heavy atom. The second kappa shape index (κ2) is 6.77. The van der Waals surface area contributed by atoms with Gasteiger partial charge in [-0.25, -0.2) is 4.79 Å². The number of carbonyl (C=O) groups excluding carboxylic acids is 2. The molecule has 1 aliphatic rings. The largest absolute Gasteiger partial charge is 0.337 e. The van der Waals surface area contributed by atoms with E-state index in [2.05, 4.69) is 15.6 Å². The van der Waals surface area contributed by atoms with Gasteiger partial charge < -0.3 is 15.5 Å². The maximum atomic E-state index is 12.3. The van der Waals surface area contributed by atoms with Gasteiger partial charge in [-0.2, -0.15) is 0 Å². The Labute approximate surface area is 131 Å². The predicted octanol–water partition coefficient (Wildman–Crippen LogP) is 1.78. The number of aromatic nitrogens is 1. The highest BCUT2D eigenvalue weighted by atomic mass is 16.2. The van der Waals surface area contributed by atoms with Gasteiger partial charge in [-0.15, -0.1) is 0 Å². The smallest absolute Gasteiger partial charge is 0.315 e. The van der Waals surface area contributed by atoms with Crippen LogP contribution in [-0.4, -0.2) is 46.5 Å². The number of urea groups is 1. The topological polar surface area (TPSA) is 74.3 Å². The monoisotopic (exact) mass is 304 g/mol. The van der Waals surface area contributed by atoms with E-state index < -0.39 is 0 Å².